The van der Waals surface area contributed by atoms with E-state index in [2.05, 4.69) is 17.2 Å². The highest BCUT2D eigenvalue weighted by atomic mass is 19.1. The van der Waals surface area contributed by atoms with Gasteiger partial charge in [0.25, 0.3) is 11.8 Å². The lowest BCUT2D eigenvalue weighted by Crippen LogP contribution is -2.48. The third-order valence-electron chi connectivity index (χ3n) is 7.12. The summed E-state index contributed by atoms with van der Waals surface area (Å²) in [7, 11) is 0. The van der Waals surface area contributed by atoms with Crippen molar-refractivity contribution in [2.45, 2.75) is 36.9 Å². The third-order valence-corrected chi connectivity index (χ3v) is 7.12. The number of halogens is 1. The minimum Gasteiger partial charge on any atom is -0.491 e. The van der Waals surface area contributed by atoms with Gasteiger partial charge in [0.15, 0.2) is 0 Å². The first-order chi connectivity index (χ1) is 19.8. The summed E-state index contributed by atoms with van der Waals surface area (Å²) in [4.78, 5) is 41.3. The number of hydrogen-bond acceptors (Lipinski definition) is 6. The first-order valence-corrected chi connectivity index (χ1v) is 13.3. The number of carbonyl (C=O) groups is 3. The van der Waals surface area contributed by atoms with E-state index in [0.717, 1.165) is 23.3 Å². The molecule has 1 saturated carbocycles. The van der Waals surface area contributed by atoms with E-state index in [4.69, 9.17) is 9.84 Å². The van der Waals surface area contributed by atoms with Crippen LogP contribution in [0.25, 0.3) is 5.57 Å². The number of carbonyl (C=O) groups excluding carboxylic acids is 3. The highest BCUT2D eigenvalue weighted by Gasteiger charge is 2.46. The van der Waals surface area contributed by atoms with Crippen LogP contribution in [0.4, 0.5) is 14.9 Å². The zero-order valence-corrected chi connectivity index (χ0v) is 22.1. The molecule has 41 heavy (non-hydrogen) atoms. The number of imide groups is 1. The van der Waals surface area contributed by atoms with Gasteiger partial charge in [-0.25, -0.2) is 14.1 Å². The molecule has 1 aliphatic heterocycles. The number of aliphatic hydroxyl groups is 2. The van der Waals surface area contributed by atoms with E-state index in [1.807, 2.05) is 0 Å². The fourth-order valence-electron chi connectivity index (χ4n) is 4.71. The van der Waals surface area contributed by atoms with Gasteiger partial charge in [0, 0.05) is 0 Å². The fourth-order valence-corrected chi connectivity index (χ4v) is 4.71. The Morgan fingerprint density at radius 3 is 2.39 bits per heavy atom. The first kappa shape index (κ1) is 28.0. The van der Waals surface area contributed by atoms with Crippen LogP contribution in [0.5, 0.6) is 5.75 Å². The maximum absolute atomic E-state index is 14.9. The Bertz CT molecular complexity index is 1460. The van der Waals surface area contributed by atoms with E-state index < -0.39 is 48.5 Å². The van der Waals surface area contributed by atoms with E-state index >= 15 is 0 Å². The van der Waals surface area contributed by atoms with Gasteiger partial charge in [-0.1, -0.05) is 55.1 Å². The van der Waals surface area contributed by atoms with Crippen LogP contribution in [0.2, 0.25) is 0 Å². The highest BCUT2D eigenvalue weighted by Crippen LogP contribution is 2.41. The summed E-state index contributed by atoms with van der Waals surface area (Å²) >= 11 is 0. The van der Waals surface area contributed by atoms with Gasteiger partial charge in [-0.05, 0) is 65.3 Å². The fraction of sp³-hybridized carbons (Fsp3) is 0.258. The summed E-state index contributed by atoms with van der Waals surface area (Å²) in [6, 6.07) is 16.2. The number of nitrogens with zero attached hydrogens (tertiary/aromatic N) is 1. The molecule has 0 bridgehead atoms. The van der Waals surface area contributed by atoms with E-state index in [9.17, 15) is 23.9 Å². The lowest BCUT2D eigenvalue weighted by molar-refractivity contribution is -0.132. The Morgan fingerprint density at radius 1 is 1.07 bits per heavy atom. The number of nitrogens with one attached hydrogen (secondary N) is 2. The standard InChI is InChI=1S/C31H30FN3O6/c1-18(19-5-3-2-4-6-19)28(29(38)33-26-14-11-22(15-25(26)32)20-7-8-20)35-30(39)27(34-31(35)40)21-9-12-24(13-10-21)41-17-23(37)16-36/h2-6,9-15,20,23,27-28,36-37H,1,7-8,16-17H2,(H,33,38)(H,34,40)/t23-,27-,28+/m1/s1. The van der Waals surface area contributed by atoms with Gasteiger partial charge in [-0.15, -0.1) is 0 Å². The van der Waals surface area contributed by atoms with Gasteiger partial charge >= 0.3 is 6.03 Å². The Hall–Kier alpha value is -4.54. The van der Waals surface area contributed by atoms with Crippen molar-refractivity contribution in [1.29, 1.82) is 0 Å². The van der Waals surface area contributed by atoms with Crippen LogP contribution in [0.1, 0.15) is 41.5 Å². The summed E-state index contributed by atoms with van der Waals surface area (Å²) < 4.78 is 20.3. The molecule has 4 amide bonds. The molecule has 0 radical (unpaired) electrons. The number of amides is 4. The molecule has 9 nitrogen and oxygen atoms in total. The molecule has 10 heteroatoms. The van der Waals surface area contributed by atoms with Crippen molar-refractivity contribution >= 4 is 29.1 Å². The van der Waals surface area contributed by atoms with Gasteiger partial charge in [0.1, 0.15) is 36.4 Å². The number of rotatable bonds is 11. The normalized spacial score (nSPS) is 18.0. The zero-order chi connectivity index (χ0) is 29.1. The smallest absolute Gasteiger partial charge is 0.326 e. The molecule has 3 atom stereocenters. The SMILES string of the molecule is C=C(c1ccccc1)[C@@H](C(=O)Nc1ccc(C2CC2)cc1F)N1C(=O)N[C@H](c2ccc(OC[C@H](O)CO)cc2)C1=O. The Kier molecular flexibility index (Phi) is 8.14. The quantitative estimate of drug-likeness (QED) is 0.265. The van der Waals surface area contributed by atoms with Crippen LogP contribution >= 0.6 is 0 Å². The number of anilines is 1. The van der Waals surface area contributed by atoms with Crippen LogP contribution < -0.4 is 15.4 Å². The molecule has 2 fully saturated rings. The molecule has 0 unspecified atom stereocenters. The molecule has 1 aliphatic carbocycles. The average molecular weight is 560 g/mol. The largest absolute Gasteiger partial charge is 0.491 e. The molecule has 4 N–H and O–H groups in total. The molecule has 1 heterocycles. The summed E-state index contributed by atoms with van der Waals surface area (Å²) in [6.07, 6.45) is 0.962. The van der Waals surface area contributed by atoms with E-state index in [0.29, 0.717) is 22.8 Å². The summed E-state index contributed by atoms with van der Waals surface area (Å²) in [6.45, 7) is 3.47. The Balaban J connectivity index is 1.39. The number of urea groups is 1. The number of ether oxygens (including phenoxy) is 1. The second kappa shape index (κ2) is 11.9. The van der Waals surface area contributed by atoms with Gasteiger partial charge in [0.2, 0.25) is 0 Å². The van der Waals surface area contributed by atoms with Gasteiger partial charge in [-0.2, -0.15) is 0 Å². The van der Waals surface area contributed by atoms with Crippen LogP contribution in [-0.4, -0.2) is 58.3 Å². The van der Waals surface area contributed by atoms with Gasteiger partial charge in [-0.3, -0.25) is 9.59 Å². The average Bonchev–Trinajstić information content (AvgIpc) is 3.80. The predicted octanol–water partition coefficient (Wildman–Crippen LogP) is 3.75. The van der Waals surface area contributed by atoms with Crippen LogP contribution in [0.3, 0.4) is 0 Å². The van der Waals surface area contributed by atoms with Crippen LogP contribution in [0.15, 0.2) is 79.4 Å². The molecule has 1 saturated heterocycles. The Labute approximate surface area is 236 Å². The van der Waals surface area contributed by atoms with E-state index in [1.54, 1.807) is 60.7 Å². The molecule has 2 aliphatic rings. The molecule has 0 spiro atoms. The van der Waals surface area contributed by atoms with Crippen molar-refractivity contribution in [3.63, 3.8) is 0 Å². The minimum absolute atomic E-state index is 0.0595. The predicted molar refractivity (Wildman–Crippen MR) is 149 cm³/mol. The first-order valence-electron chi connectivity index (χ1n) is 13.3. The minimum atomic E-state index is -1.46. The molecule has 0 aromatic heterocycles. The van der Waals surface area contributed by atoms with Gasteiger partial charge < -0.3 is 25.6 Å². The van der Waals surface area contributed by atoms with E-state index in [-0.39, 0.29) is 17.9 Å². The van der Waals surface area contributed by atoms with Crippen molar-refractivity contribution in [3.8, 4) is 5.75 Å². The number of benzene rings is 3. The van der Waals surface area contributed by atoms with Gasteiger partial charge in [0.05, 0.1) is 12.3 Å². The highest BCUT2D eigenvalue weighted by molar-refractivity contribution is 6.13. The lowest BCUT2D eigenvalue weighted by atomic mass is 9.97. The molecule has 3 aromatic rings. The molecule has 5 rings (SSSR count). The lowest BCUT2D eigenvalue weighted by Gasteiger charge is -2.27. The van der Waals surface area contributed by atoms with Crippen LogP contribution in [-0.2, 0) is 9.59 Å². The molecule has 3 aromatic carbocycles. The van der Waals surface area contributed by atoms with Crippen molar-refractivity contribution in [2.24, 2.45) is 0 Å². The maximum Gasteiger partial charge on any atom is 0.326 e. The number of hydrogen-bond donors (Lipinski definition) is 4. The molecule has 212 valence electrons. The van der Waals surface area contributed by atoms with Crippen molar-refractivity contribution in [1.82, 2.24) is 10.2 Å². The second-order valence-corrected chi connectivity index (χ2v) is 10.1. The molecular weight excluding hydrogens is 529 g/mol. The monoisotopic (exact) mass is 559 g/mol. The summed E-state index contributed by atoms with van der Waals surface area (Å²) in [5.41, 5.74) is 1.97. The third kappa shape index (κ3) is 6.13. The topological polar surface area (TPSA) is 128 Å². The van der Waals surface area contributed by atoms with Crippen molar-refractivity contribution < 1.29 is 33.7 Å². The summed E-state index contributed by atoms with van der Waals surface area (Å²) in [5.74, 6) is -1.35. The number of aliphatic hydroxyl groups excluding tert-OH is 2. The van der Waals surface area contributed by atoms with E-state index in [1.165, 1.54) is 12.1 Å². The second-order valence-electron chi connectivity index (χ2n) is 10.1. The Morgan fingerprint density at radius 2 is 1.76 bits per heavy atom. The maximum atomic E-state index is 14.9. The van der Waals surface area contributed by atoms with Crippen molar-refractivity contribution in [3.05, 3.63) is 102 Å². The van der Waals surface area contributed by atoms with Crippen molar-refractivity contribution in [2.75, 3.05) is 18.5 Å². The molecular formula is C31H30FN3O6. The zero-order valence-electron chi connectivity index (χ0n) is 22.1. The van der Waals surface area contributed by atoms with Crippen LogP contribution in [0, 0.1) is 5.82 Å². The summed E-state index contributed by atoms with van der Waals surface area (Å²) in [5, 5.41) is 23.6.